The van der Waals surface area contributed by atoms with E-state index >= 15 is 0 Å². The maximum absolute atomic E-state index is 14.4. The lowest BCUT2D eigenvalue weighted by atomic mass is 10.2. The lowest BCUT2D eigenvalue weighted by molar-refractivity contribution is -0.0297. The summed E-state index contributed by atoms with van der Waals surface area (Å²) in [4.78, 5) is 21.8. The third-order valence-electron chi connectivity index (χ3n) is 4.27. The summed E-state index contributed by atoms with van der Waals surface area (Å²) >= 11 is 1.98. The monoisotopic (exact) mass is 525 g/mol. The van der Waals surface area contributed by atoms with Gasteiger partial charge in [-0.3, -0.25) is 14.6 Å². The van der Waals surface area contributed by atoms with E-state index < -0.39 is 24.4 Å². The Kier molecular flexibility index (Phi) is 6.83. The fourth-order valence-corrected chi connectivity index (χ4v) is 3.36. The van der Waals surface area contributed by atoms with Gasteiger partial charge >= 0.3 is 0 Å². The summed E-state index contributed by atoms with van der Waals surface area (Å²) in [6, 6.07) is 6.61. The summed E-state index contributed by atoms with van der Waals surface area (Å²) in [5, 5.41) is 31.0. The number of carbonyl (C=O) groups excluding carboxylic acids is 1. The standard InChI is InChI=1S/C19H17FIN5O4/c1-26-17-10(5-22)6-23-7-13(17)16(24-15-3-2-11(21)4-14(15)20)18(26)19(29)25-30-9-12(28)8-27/h2-4,6-7,12,24,27-28H,8-9H2,1H3,(H,25,29)/t12-/m1/s1. The van der Waals surface area contributed by atoms with Gasteiger partial charge in [-0.1, -0.05) is 0 Å². The molecular formula is C19H17FIN5O4. The molecule has 0 radical (unpaired) electrons. The van der Waals surface area contributed by atoms with E-state index in [-0.39, 0.29) is 29.2 Å². The average Bonchev–Trinajstić information content (AvgIpc) is 3.01. The number of hydrogen-bond acceptors (Lipinski definition) is 7. The van der Waals surface area contributed by atoms with Crippen LogP contribution in [0.15, 0.2) is 30.6 Å². The van der Waals surface area contributed by atoms with Crippen LogP contribution in [0.1, 0.15) is 16.1 Å². The summed E-state index contributed by atoms with van der Waals surface area (Å²) in [5.41, 5.74) is 3.28. The van der Waals surface area contributed by atoms with Crippen LogP contribution in [0.3, 0.4) is 0 Å². The number of aryl methyl sites for hydroxylation is 1. The molecule has 0 aliphatic heterocycles. The first-order valence-electron chi connectivity index (χ1n) is 8.67. The van der Waals surface area contributed by atoms with Crippen LogP contribution in [0.5, 0.6) is 0 Å². The van der Waals surface area contributed by atoms with Gasteiger partial charge in [-0.15, -0.1) is 0 Å². The van der Waals surface area contributed by atoms with Crippen molar-refractivity contribution in [3.05, 3.63) is 51.2 Å². The molecule has 4 N–H and O–H groups in total. The van der Waals surface area contributed by atoms with Crippen molar-refractivity contribution >= 4 is 50.8 Å². The molecule has 0 aliphatic rings. The topological polar surface area (TPSA) is 132 Å². The van der Waals surface area contributed by atoms with Gasteiger partial charge in [0.05, 0.1) is 29.1 Å². The first-order valence-corrected chi connectivity index (χ1v) is 9.74. The summed E-state index contributed by atoms with van der Waals surface area (Å²) in [7, 11) is 1.58. The second-order valence-electron chi connectivity index (χ2n) is 6.31. The predicted octanol–water partition coefficient (Wildman–Crippen LogP) is 1.95. The molecular weight excluding hydrogens is 508 g/mol. The van der Waals surface area contributed by atoms with E-state index in [9.17, 15) is 19.6 Å². The minimum Gasteiger partial charge on any atom is -0.394 e. The van der Waals surface area contributed by atoms with E-state index in [0.717, 1.165) is 0 Å². The van der Waals surface area contributed by atoms with Crippen LogP contribution in [0, 0.1) is 20.7 Å². The third kappa shape index (κ3) is 4.36. The van der Waals surface area contributed by atoms with Gasteiger partial charge in [0.15, 0.2) is 0 Å². The Balaban J connectivity index is 2.08. The Morgan fingerprint density at radius 1 is 1.47 bits per heavy atom. The van der Waals surface area contributed by atoms with E-state index in [0.29, 0.717) is 14.5 Å². The quantitative estimate of drug-likeness (QED) is 0.274. The molecule has 0 saturated carbocycles. The van der Waals surface area contributed by atoms with Gasteiger partial charge in [0.1, 0.15) is 30.3 Å². The minimum atomic E-state index is -1.16. The van der Waals surface area contributed by atoms with Crippen molar-refractivity contribution in [2.45, 2.75) is 6.10 Å². The molecule has 0 fully saturated rings. The zero-order valence-corrected chi connectivity index (χ0v) is 17.8. The molecule has 1 atom stereocenters. The number of carbonyl (C=O) groups is 1. The second kappa shape index (κ2) is 9.35. The molecule has 3 rings (SSSR count). The predicted molar refractivity (Wildman–Crippen MR) is 114 cm³/mol. The SMILES string of the molecule is Cn1c(C(=O)NOC[C@H](O)CO)c(Nc2ccc(I)cc2F)c2cncc(C#N)c21. The van der Waals surface area contributed by atoms with Gasteiger partial charge in [0, 0.05) is 28.4 Å². The first-order chi connectivity index (χ1) is 14.4. The number of nitriles is 1. The Hall–Kier alpha value is -2.79. The number of aliphatic hydroxyl groups excluding tert-OH is 2. The van der Waals surface area contributed by atoms with E-state index in [2.05, 4.69) is 15.8 Å². The highest BCUT2D eigenvalue weighted by molar-refractivity contribution is 14.1. The molecule has 30 heavy (non-hydrogen) atoms. The van der Waals surface area contributed by atoms with Gasteiger partial charge in [0.2, 0.25) is 0 Å². The van der Waals surface area contributed by atoms with E-state index in [1.54, 1.807) is 13.1 Å². The molecule has 0 aliphatic carbocycles. The number of anilines is 2. The van der Waals surface area contributed by atoms with Gasteiger partial charge < -0.3 is 20.1 Å². The number of aromatic nitrogens is 2. The summed E-state index contributed by atoms with van der Waals surface area (Å²) in [6.07, 6.45) is 1.68. The summed E-state index contributed by atoms with van der Waals surface area (Å²) in [6.45, 7) is -0.855. The molecule has 3 aromatic rings. The van der Waals surface area contributed by atoms with Crippen LogP contribution in [0.25, 0.3) is 10.9 Å². The van der Waals surface area contributed by atoms with E-state index in [1.165, 1.54) is 29.1 Å². The lowest BCUT2D eigenvalue weighted by Gasteiger charge is -2.12. The van der Waals surface area contributed by atoms with E-state index in [1.807, 2.05) is 28.7 Å². The number of halogens is 2. The highest BCUT2D eigenvalue weighted by Gasteiger charge is 2.24. The molecule has 0 bridgehead atoms. The van der Waals surface area contributed by atoms with Gasteiger partial charge in [-0.25, -0.2) is 9.87 Å². The van der Waals surface area contributed by atoms with Crippen molar-refractivity contribution in [1.82, 2.24) is 15.0 Å². The number of hydroxylamine groups is 1. The molecule has 11 heteroatoms. The Morgan fingerprint density at radius 3 is 2.90 bits per heavy atom. The lowest BCUT2D eigenvalue weighted by Crippen LogP contribution is -2.31. The normalized spacial score (nSPS) is 11.9. The number of rotatable bonds is 7. The first kappa shape index (κ1) is 21.9. The Morgan fingerprint density at radius 2 is 2.23 bits per heavy atom. The highest BCUT2D eigenvalue weighted by Crippen LogP contribution is 2.34. The van der Waals surface area contributed by atoms with Gasteiger partial charge in [-0.05, 0) is 40.8 Å². The third-order valence-corrected chi connectivity index (χ3v) is 4.94. The molecule has 2 heterocycles. The summed E-state index contributed by atoms with van der Waals surface area (Å²) < 4.78 is 16.6. The smallest absolute Gasteiger partial charge is 0.293 e. The molecule has 1 amide bonds. The number of pyridine rings is 1. The van der Waals surface area contributed by atoms with Crippen LogP contribution >= 0.6 is 22.6 Å². The molecule has 156 valence electrons. The maximum Gasteiger partial charge on any atom is 0.293 e. The maximum atomic E-state index is 14.4. The largest absolute Gasteiger partial charge is 0.394 e. The molecule has 0 unspecified atom stereocenters. The summed E-state index contributed by atoms with van der Waals surface area (Å²) in [5.74, 6) is -1.21. The van der Waals surface area contributed by atoms with Crippen LogP contribution in [-0.4, -0.2) is 45.0 Å². The van der Waals surface area contributed by atoms with Crippen LogP contribution in [0.2, 0.25) is 0 Å². The van der Waals surface area contributed by atoms with Crippen molar-refractivity contribution in [3.63, 3.8) is 0 Å². The zero-order chi connectivity index (χ0) is 21.8. The number of fused-ring (bicyclic) bond motifs is 1. The number of aliphatic hydroxyl groups is 2. The second-order valence-corrected chi connectivity index (χ2v) is 7.55. The molecule has 0 saturated heterocycles. The van der Waals surface area contributed by atoms with Crippen molar-refractivity contribution in [3.8, 4) is 6.07 Å². The van der Waals surface area contributed by atoms with Gasteiger partial charge in [-0.2, -0.15) is 5.26 Å². The minimum absolute atomic E-state index is 0.0611. The molecule has 2 aromatic heterocycles. The van der Waals surface area contributed by atoms with E-state index in [4.69, 9.17) is 9.94 Å². The molecule has 9 nitrogen and oxygen atoms in total. The fourth-order valence-electron chi connectivity index (χ4n) is 2.91. The van der Waals surface area contributed by atoms with Crippen molar-refractivity contribution in [1.29, 1.82) is 5.26 Å². The Labute approximate surface area is 184 Å². The van der Waals surface area contributed by atoms with Crippen molar-refractivity contribution < 1.29 is 24.2 Å². The zero-order valence-electron chi connectivity index (χ0n) is 15.7. The van der Waals surface area contributed by atoms with Crippen molar-refractivity contribution in [2.75, 3.05) is 18.5 Å². The average molecular weight is 525 g/mol. The number of nitrogens with one attached hydrogen (secondary N) is 2. The Bertz CT molecular complexity index is 1140. The highest BCUT2D eigenvalue weighted by atomic mass is 127. The van der Waals surface area contributed by atoms with Crippen molar-refractivity contribution in [2.24, 2.45) is 7.05 Å². The number of benzene rings is 1. The number of nitrogens with zero attached hydrogens (tertiary/aromatic N) is 3. The molecule has 1 aromatic carbocycles. The fraction of sp³-hybridized carbons (Fsp3) is 0.211. The molecule has 0 spiro atoms. The van der Waals surface area contributed by atoms with Crippen LogP contribution in [-0.2, 0) is 11.9 Å². The van der Waals surface area contributed by atoms with Gasteiger partial charge in [0.25, 0.3) is 5.91 Å². The van der Waals surface area contributed by atoms with Crippen LogP contribution in [0.4, 0.5) is 15.8 Å². The number of amides is 1. The van der Waals surface area contributed by atoms with Crippen LogP contribution < -0.4 is 10.8 Å². The number of hydrogen-bond donors (Lipinski definition) is 4.